The molecule has 0 aromatic heterocycles. The summed E-state index contributed by atoms with van der Waals surface area (Å²) in [6.07, 6.45) is 0.255. The Balaban J connectivity index is 1.82. The Morgan fingerprint density at radius 3 is 2.08 bits per heavy atom. The molecule has 2 aromatic carbocycles. The van der Waals surface area contributed by atoms with Crippen LogP contribution in [0.2, 0.25) is 5.02 Å². The molecule has 2 amide bonds. The Morgan fingerprint density at radius 2 is 1.50 bits per heavy atom. The first-order chi connectivity index (χ1) is 12.5. The molecule has 0 radical (unpaired) electrons. The molecule has 2 aromatic rings. The molecule has 0 spiro atoms. The smallest absolute Gasteiger partial charge is 0.258 e. The Morgan fingerprint density at radius 1 is 0.923 bits per heavy atom. The van der Waals surface area contributed by atoms with Crippen LogP contribution in [0.5, 0.6) is 11.5 Å². The predicted molar refractivity (Wildman–Crippen MR) is 100 cm³/mol. The fourth-order valence-electron chi connectivity index (χ4n) is 2.39. The third-order valence-electron chi connectivity index (χ3n) is 3.67. The standard InChI is InChI=1S/C19H21ClN2O4/c1-25-15-4-3-5-16(26-2)18(15)19(24)22-11-10-21-17(23)12-13-6-8-14(20)9-7-13/h3-9H,10-12H2,1-2H3,(H,21,23)(H,22,24). The lowest BCUT2D eigenvalue weighted by atomic mass is 10.1. The van der Waals surface area contributed by atoms with Crippen LogP contribution in [0.15, 0.2) is 42.5 Å². The van der Waals surface area contributed by atoms with Crippen molar-refractivity contribution in [3.8, 4) is 11.5 Å². The third kappa shape index (κ3) is 5.39. The van der Waals surface area contributed by atoms with Gasteiger partial charge in [0.25, 0.3) is 5.91 Å². The molecule has 0 saturated carbocycles. The van der Waals surface area contributed by atoms with Gasteiger partial charge in [0.2, 0.25) is 5.91 Å². The maximum absolute atomic E-state index is 12.4. The summed E-state index contributed by atoms with van der Waals surface area (Å²) in [6.45, 7) is 0.599. The van der Waals surface area contributed by atoms with Crippen LogP contribution in [0.1, 0.15) is 15.9 Å². The number of nitrogens with one attached hydrogen (secondary N) is 2. The number of hydrogen-bond donors (Lipinski definition) is 2. The van der Waals surface area contributed by atoms with Gasteiger partial charge in [-0.3, -0.25) is 9.59 Å². The monoisotopic (exact) mass is 376 g/mol. The van der Waals surface area contributed by atoms with Crippen LogP contribution in [0.4, 0.5) is 0 Å². The van der Waals surface area contributed by atoms with Gasteiger partial charge in [0.05, 0.1) is 20.6 Å². The number of carbonyl (C=O) groups excluding carboxylic acids is 2. The second-order valence-corrected chi connectivity index (χ2v) is 5.88. The van der Waals surface area contributed by atoms with Crippen molar-refractivity contribution in [2.24, 2.45) is 0 Å². The van der Waals surface area contributed by atoms with Crippen LogP contribution in [0, 0.1) is 0 Å². The van der Waals surface area contributed by atoms with E-state index >= 15 is 0 Å². The van der Waals surface area contributed by atoms with Crippen LogP contribution in [-0.4, -0.2) is 39.1 Å². The Bertz CT molecular complexity index is 740. The highest BCUT2D eigenvalue weighted by atomic mass is 35.5. The second kappa shape index (κ2) is 9.68. The number of hydrogen-bond acceptors (Lipinski definition) is 4. The van der Waals surface area contributed by atoms with Crippen molar-refractivity contribution >= 4 is 23.4 Å². The summed E-state index contributed by atoms with van der Waals surface area (Å²) in [5.74, 6) is 0.393. The number of halogens is 1. The lowest BCUT2D eigenvalue weighted by Gasteiger charge is -2.13. The van der Waals surface area contributed by atoms with Gasteiger partial charge in [-0.25, -0.2) is 0 Å². The highest BCUT2D eigenvalue weighted by Gasteiger charge is 2.17. The van der Waals surface area contributed by atoms with Crippen LogP contribution in [-0.2, 0) is 11.2 Å². The Kier molecular flexibility index (Phi) is 7.29. The molecule has 0 aliphatic rings. The van der Waals surface area contributed by atoms with E-state index in [1.807, 2.05) is 0 Å². The summed E-state index contributed by atoms with van der Waals surface area (Å²) < 4.78 is 10.4. The van der Waals surface area contributed by atoms with Crippen molar-refractivity contribution < 1.29 is 19.1 Å². The molecule has 2 N–H and O–H groups in total. The van der Waals surface area contributed by atoms with Crippen LogP contribution >= 0.6 is 11.6 Å². The molecule has 26 heavy (non-hydrogen) atoms. The normalized spacial score (nSPS) is 10.1. The zero-order valence-corrected chi connectivity index (χ0v) is 15.4. The van der Waals surface area contributed by atoms with Crippen molar-refractivity contribution in [2.75, 3.05) is 27.3 Å². The number of methoxy groups -OCH3 is 2. The lowest BCUT2D eigenvalue weighted by molar-refractivity contribution is -0.120. The van der Waals surface area contributed by atoms with E-state index in [2.05, 4.69) is 10.6 Å². The summed E-state index contributed by atoms with van der Waals surface area (Å²) in [5.41, 5.74) is 1.19. The maximum atomic E-state index is 12.4. The number of carbonyl (C=O) groups is 2. The topological polar surface area (TPSA) is 76.7 Å². The Hall–Kier alpha value is -2.73. The van der Waals surface area contributed by atoms with E-state index in [1.165, 1.54) is 14.2 Å². The number of rotatable bonds is 8. The third-order valence-corrected chi connectivity index (χ3v) is 3.92. The highest BCUT2D eigenvalue weighted by molar-refractivity contribution is 6.30. The summed E-state index contributed by atoms with van der Waals surface area (Å²) in [6, 6.07) is 12.2. The summed E-state index contributed by atoms with van der Waals surface area (Å²) in [5, 5.41) is 6.13. The molecule has 0 bridgehead atoms. The van der Waals surface area contributed by atoms with Gasteiger partial charge >= 0.3 is 0 Å². The molecular formula is C19H21ClN2O4. The highest BCUT2D eigenvalue weighted by Crippen LogP contribution is 2.27. The quantitative estimate of drug-likeness (QED) is 0.694. The molecular weight excluding hydrogens is 356 g/mol. The molecule has 0 heterocycles. The van der Waals surface area contributed by atoms with Crippen molar-refractivity contribution in [1.29, 1.82) is 0 Å². The summed E-state index contributed by atoms with van der Waals surface area (Å²) in [4.78, 5) is 24.3. The van der Waals surface area contributed by atoms with Crippen molar-refractivity contribution in [3.63, 3.8) is 0 Å². The minimum Gasteiger partial charge on any atom is -0.496 e. The van der Waals surface area contributed by atoms with Gasteiger partial charge in [-0.2, -0.15) is 0 Å². The number of ether oxygens (including phenoxy) is 2. The van der Waals surface area contributed by atoms with Gasteiger partial charge < -0.3 is 20.1 Å². The number of benzene rings is 2. The molecule has 7 heteroatoms. The molecule has 0 aliphatic carbocycles. The first kappa shape index (κ1) is 19.6. The zero-order chi connectivity index (χ0) is 18.9. The van der Waals surface area contributed by atoms with Gasteiger partial charge in [0.1, 0.15) is 17.1 Å². The van der Waals surface area contributed by atoms with E-state index < -0.39 is 0 Å². The molecule has 6 nitrogen and oxygen atoms in total. The van der Waals surface area contributed by atoms with Crippen LogP contribution in [0.25, 0.3) is 0 Å². The SMILES string of the molecule is COc1cccc(OC)c1C(=O)NCCNC(=O)Cc1ccc(Cl)cc1. The lowest BCUT2D eigenvalue weighted by Crippen LogP contribution is -2.35. The van der Waals surface area contributed by atoms with Crippen molar-refractivity contribution in [2.45, 2.75) is 6.42 Å². The van der Waals surface area contributed by atoms with Crippen molar-refractivity contribution in [1.82, 2.24) is 10.6 Å². The van der Waals surface area contributed by atoms with E-state index in [0.717, 1.165) is 5.56 Å². The maximum Gasteiger partial charge on any atom is 0.258 e. The fourth-order valence-corrected chi connectivity index (χ4v) is 2.52. The predicted octanol–water partition coefficient (Wildman–Crippen LogP) is 2.45. The number of amides is 2. The molecule has 0 fully saturated rings. The van der Waals surface area contributed by atoms with Crippen molar-refractivity contribution in [3.05, 3.63) is 58.6 Å². The van der Waals surface area contributed by atoms with E-state index in [-0.39, 0.29) is 24.8 Å². The first-order valence-corrected chi connectivity index (χ1v) is 8.43. The van der Waals surface area contributed by atoms with E-state index in [1.54, 1.807) is 42.5 Å². The van der Waals surface area contributed by atoms with Crippen LogP contribution in [0.3, 0.4) is 0 Å². The van der Waals surface area contributed by atoms with Gasteiger partial charge in [0.15, 0.2) is 0 Å². The average Bonchev–Trinajstić information content (AvgIpc) is 2.66. The van der Waals surface area contributed by atoms with E-state index in [9.17, 15) is 9.59 Å². The molecule has 0 aliphatic heterocycles. The van der Waals surface area contributed by atoms with Gasteiger partial charge in [0, 0.05) is 18.1 Å². The van der Waals surface area contributed by atoms with E-state index in [0.29, 0.717) is 28.6 Å². The zero-order valence-electron chi connectivity index (χ0n) is 14.7. The van der Waals surface area contributed by atoms with E-state index in [4.69, 9.17) is 21.1 Å². The average molecular weight is 377 g/mol. The minimum atomic E-state index is -0.328. The Labute approximate surface area is 157 Å². The summed E-state index contributed by atoms with van der Waals surface area (Å²) in [7, 11) is 2.98. The largest absolute Gasteiger partial charge is 0.496 e. The second-order valence-electron chi connectivity index (χ2n) is 5.45. The van der Waals surface area contributed by atoms with Gasteiger partial charge in [-0.1, -0.05) is 29.8 Å². The molecule has 2 rings (SSSR count). The minimum absolute atomic E-state index is 0.128. The molecule has 0 saturated heterocycles. The first-order valence-electron chi connectivity index (χ1n) is 8.05. The van der Waals surface area contributed by atoms with Gasteiger partial charge in [-0.15, -0.1) is 0 Å². The molecule has 138 valence electrons. The molecule has 0 unspecified atom stereocenters. The van der Waals surface area contributed by atoms with Crippen LogP contribution < -0.4 is 20.1 Å². The fraction of sp³-hybridized carbons (Fsp3) is 0.263. The molecule has 0 atom stereocenters. The van der Waals surface area contributed by atoms with Gasteiger partial charge in [-0.05, 0) is 29.8 Å². The summed E-state index contributed by atoms with van der Waals surface area (Å²) >= 11 is 5.82.